The molecule has 13 heavy (non-hydrogen) atoms. The van der Waals surface area contributed by atoms with Crippen LogP contribution in [0.1, 0.15) is 10.4 Å². The predicted molar refractivity (Wildman–Crippen MR) is 37.8 cm³/mol. The minimum absolute atomic E-state index is 0.386. The summed E-state index contributed by atoms with van der Waals surface area (Å²) in [5.74, 6) is -1.94. The van der Waals surface area contributed by atoms with Gasteiger partial charge in [-0.2, -0.15) is 8.78 Å². The van der Waals surface area contributed by atoms with E-state index in [1.54, 1.807) is 0 Å². The van der Waals surface area contributed by atoms with Crippen molar-refractivity contribution in [2.75, 3.05) is 0 Å². The number of halogens is 2. The number of carbonyl (C=O) groups is 1. The van der Waals surface area contributed by atoms with Crippen molar-refractivity contribution in [3.05, 3.63) is 23.9 Å². The van der Waals surface area contributed by atoms with Crippen LogP contribution in [0.5, 0.6) is 5.88 Å². The predicted octanol–water partition coefficient (Wildman–Crippen LogP) is 1.38. The lowest BCUT2D eigenvalue weighted by Gasteiger charge is -2.04. The van der Waals surface area contributed by atoms with Crippen LogP contribution in [0.25, 0.3) is 0 Å². The summed E-state index contributed by atoms with van der Waals surface area (Å²) in [5, 5.41) is 8.51. The second kappa shape index (κ2) is 3.79. The third-order valence-corrected chi connectivity index (χ3v) is 1.20. The van der Waals surface area contributed by atoms with E-state index in [4.69, 9.17) is 5.11 Å². The molecule has 70 valence electrons. The number of nitrogens with zero attached hydrogens (tertiary/aromatic N) is 1. The van der Waals surface area contributed by atoms with E-state index in [0.29, 0.717) is 0 Å². The summed E-state index contributed by atoms with van der Waals surface area (Å²) in [6.07, 6.45) is 1.17. The van der Waals surface area contributed by atoms with Crippen molar-refractivity contribution in [2.24, 2.45) is 0 Å². The van der Waals surface area contributed by atoms with Gasteiger partial charge in [0.2, 0.25) is 5.88 Å². The van der Waals surface area contributed by atoms with Crippen LogP contribution in [0.2, 0.25) is 0 Å². The van der Waals surface area contributed by atoms with E-state index in [-0.39, 0.29) is 5.56 Å². The Bertz CT molecular complexity index is 316. The maximum absolute atomic E-state index is 11.7. The van der Waals surface area contributed by atoms with Gasteiger partial charge in [0.25, 0.3) is 0 Å². The molecule has 1 N–H and O–H groups in total. The van der Waals surface area contributed by atoms with Crippen LogP contribution >= 0.6 is 0 Å². The molecule has 4 nitrogen and oxygen atoms in total. The van der Waals surface area contributed by atoms with Crippen molar-refractivity contribution < 1.29 is 23.4 Å². The summed E-state index contributed by atoms with van der Waals surface area (Å²) < 4.78 is 27.3. The van der Waals surface area contributed by atoms with Crippen molar-refractivity contribution >= 4 is 5.97 Å². The van der Waals surface area contributed by atoms with Gasteiger partial charge in [0.15, 0.2) is 0 Å². The Morgan fingerprint density at radius 3 is 2.85 bits per heavy atom. The first-order valence-electron chi connectivity index (χ1n) is 3.24. The summed E-state index contributed by atoms with van der Waals surface area (Å²) in [5.41, 5.74) is -0.386. The molecule has 0 spiro atoms. The third-order valence-electron chi connectivity index (χ3n) is 1.20. The number of aromatic carboxylic acids is 1. The van der Waals surface area contributed by atoms with Crippen LogP contribution in [0.3, 0.4) is 0 Å². The van der Waals surface area contributed by atoms with E-state index in [1.165, 1.54) is 12.3 Å². The quantitative estimate of drug-likeness (QED) is 0.780. The number of carboxylic acid groups (broad SMARTS) is 1. The number of rotatable bonds is 3. The van der Waals surface area contributed by atoms with Gasteiger partial charge in [0.05, 0.1) is 0 Å². The lowest BCUT2D eigenvalue weighted by atomic mass is 10.3. The summed E-state index contributed by atoms with van der Waals surface area (Å²) in [6, 6.07) is 2.45. The monoisotopic (exact) mass is 189 g/mol. The Morgan fingerprint density at radius 2 is 2.31 bits per heavy atom. The first-order valence-corrected chi connectivity index (χ1v) is 3.24. The molecule has 0 aliphatic heterocycles. The highest BCUT2D eigenvalue weighted by atomic mass is 19.3. The molecule has 1 aromatic rings. The fraction of sp³-hybridized carbons (Fsp3) is 0.143. The molecule has 1 heterocycles. The first kappa shape index (κ1) is 9.37. The average Bonchev–Trinajstić information content (AvgIpc) is 2.03. The number of aromatic nitrogens is 1. The lowest BCUT2D eigenvalue weighted by molar-refractivity contribution is -0.0533. The zero-order valence-corrected chi connectivity index (χ0v) is 6.28. The highest BCUT2D eigenvalue weighted by molar-refractivity contribution is 5.90. The third kappa shape index (κ3) is 2.36. The van der Waals surface area contributed by atoms with Crippen LogP contribution in [0.4, 0.5) is 8.78 Å². The molecule has 0 radical (unpaired) electrons. The molecular weight excluding hydrogens is 184 g/mol. The van der Waals surface area contributed by atoms with E-state index in [2.05, 4.69) is 9.72 Å². The Hall–Kier alpha value is -1.72. The minimum atomic E-state index is -3.08. The Kier molecular flexibility index (Phi) is 2.73. The van der Waals surface area contributed by atoms with Crippen molar-refractivity contribution in [3.63, 3.8) is 0 Å². The van der Waals surface area contributed by atoms with Gasteiger partial charge in [-0.1, -0.05) is 0 Å². The van der Waals surface area contributed by atoms with Crippen molar-refractivity contribution in [1.82, 2.24) is 4.98 Å². The number of hydrogen-bond acceptors (Lipinski definition) is 3. The van der Waals surface area contributed by atoms with E-state index in [1.807, 2.05) is 0 Å². The van der Waals surface area contributed by atoms with Crippen LogP contribution in [0, 0.1) is 0 Å². The number of ether oxygens (including phenoxy) is 1. The molecule has 0 saturated heterocycles. The van der Waals surface area contributed by atoms with Gasteiger partial charge in [-0.15, -0.1) is 0 Å². The maximum atomic E-state index is 11.7. The minimum Gasteiger partial charge on any atom is -0.477 e. The van der Waals surface area contributed by atoms with Gasteiger partial charge >= 0.3 is 12.6 Å². The average molecular weight is 189 g/mol. The smallest absolute Gasteiger partial charge is 0.388 e. The number of hydrogen-bond donors (Lipinski definition) is 1. The second-order valence-electron chi connectivity index (χ2n) is 2.04. The Morgan fingerprint density at radius 1 is 1.62 bits per heavy atom. The van der Waals surface area contributed by atoms with Gasteiger partial charge in [-0.05, 0) is 12.1 Å². The van der Waals surface area contributed by atoms with Crippen LogP contribution in [-0.4, -0.2) is 22.7 Å². The Balaban J connectivity index is 2.98. The van der Waals surface area contributed by atoms with E-state index in [0.717, 1.165) is 6.07 Å². The van der Waals surface area contributed by atoms with E-state index in [9.17, 15) is 13.6 Å². The van der Waals surface area contributed by atoms with Crippen LogP contribution < -0.4 is 4.74 Å². The number of pyridine rings is 1. The van der Waals surface area contributed by atoms with Gasteiger partial charge in [-0.25, -0.2) is 9.78 Å². The van der Waals surface area contributed by atoms with Crippen LogP contribution in [0.15, 0.2) is 18.3 Å². The molecule has 0 amide bonds. The lowest BCUT2D eigenvalue weighted by Crippen LogP contribution is -2.08. The van der Waals surface area contributed by atoms with Crippen LogP contribution in [-0.2, 0) is 0 Å². The topological polar surface area (TPSA) is 59.4 Å². The SMILES string of the molecule is O=C(O)c1cccnc1OC(F)F. The van der Waals surface area contributed by atoms with Crippen molar-refractivity contribution in [2.45, 2.75) is 6.61 Å². The molecule has 0 fully saturated rings. The Labute approximate surface area is 71.8 Å². The largest absolute Gasteiger partial charge is 0.477 e. The summed E-state index contributed by atoms with van der Waals surface area (Å²) in [4.78, 5) is 13.8. The summed E-state index contributed by atoms with van der Waals surface area (Å²) in [6.45, 7) is -3.08. The highest BCUT2D eigenvalue weighted by Crippen LogP contribution is 2.16. The molecule has 0 saturated carbocycles. The highest BCUT2D eigenvalue weighted by Gasteiger charge is 2.15. The molecule has 0 aliphatic rings. The van der Waals surface area contributed by atoms with Gasteiger partial charge in [0.1, 0.15) is 5.56 Å². The molecule has 0 unspecified atom stereocenters. The fourth-order valence-corrected chi connectivity index (χ4v) is 0.732. The van der Waals surface area contributed by atoms with E-state index >= 15 is 0 Å². The number of alkyl halides is 2. The van der Waals surface area contributed by atoms with Gasteiger partial charge < -0.3 is 9.84 Å². The molecule has 0 aromatic carbocycles. The molecule has 0 bridgehead atoms. The number of carboxylic acids is 1. The van der Waals surface area contributed by atoms with Crippen molar-refractivity contribution in [1.29, 1.82) is 0 Å². The zero-order chi connectivity index (χ0) is 9.84. The zero-order valence-electron chi connectivity index (χ0n) is 6.28. The van der Waals surface area contributed by atoms with Gasteiger partial charge in [0, 0.05) is 6.20 Å². The summed E-state index contributed by atoms with van der Waals surface area (Å²) >= 11 is 0. The van der Waals surface area contributed by atoms with E-state index < -0.39 is 18.5 Å². The second-order valence-corrected chi connectivity index (χ2v) is 2.04. The maximum Gasteiger partial charge on any atom is 0.388 e. The standard InChI is InChI=1S/C7H5F2NO3/c8-7(9)13-5-4(6(11)12)2-1-3-10-5/h1-3,7H,(H,11,12). The molecule has 6 heteroatoms. The van der Waals surface area contributed by atoms with Crippen molar-refractivity contribution in [3.8, 4) is 5.88 Å². The molecule has 1 aromatic heterocycles. The fourth-order valence-electron chi connectivity index (χ4n) is 0.732. The normalized spacial score (nSPS) is 10.1. The molecule has 0 aliphatic carbocycles. The molecular formula is C7H5F2NO3. The molecule has 0 atom stereocenters. The summed E-state index contributed by atoms with van der Waals surface area (Å²) in [7, 11) is 0. The molecule has 1 rings (SSSR count). The van der Waals surface area contributed by atoms with Gasteiger partial charge in [-0.3, -0.25) is 0 Å². The first-order chi connectivity index (χ1) is 6.11.